The zero-order valence-corrected chi connectivity index (χ0v) is 13.7. The third-order valence-electron chi connectivity index (χ3n) is 3.71. The van der Waals surface area contributed by atoms with Crippen molar-refractivity contribution >= 4 is 19.0 Å². The van der Waals surface area contributed by atoms with Gasteiger partial charge in [-0.25, -0.2) is 14.5 Å². The number of aromatic amines is 1. The van der Waals surface area contributed by atoms with E-state index in [1.807, 2.05) is 0 Å². The van der Waals surface area contributed by atoms with Gasteiger partial charge in [0, 0.05) is 0 Å². The highest BCUT2D eigenvalue weighted by Crippen LogP contribution is 2.38. The third kappa shape index (κ3) is 3.55. The van der Waals surface area contributed by atoms with Gasteiger partial charge >= 0.3 is 7.82 Å². The van der Waals surface area contributed by atoms with Gasteiger partial charge in [0.05, 0.1) is 12.9 Å². The van der Waals surface area contributed by atoms with Crippen molar-refractivity contribution in [1.82, 2.24) is 19.5 Å². The summed E-state index contributed by atoms with van der Waals surface area (Å²) in [6.07, 6.45) is -6.73. The number of aromatic nitrogens is 4. The van der Waals surface area contributed by atoms with Crippen LogP contribution in [0.4, 0.5) is 0 Å². The zero-order valence-electron chi connectivity index (χ0n) is 12.8. The molecule has 1 fully saturated rings. The van der Waals surface area contributed by atoms with Crippen LogP contribution in [0.15, 0.2) is 11.1 Å². The fraction of sp³-hybridized carbons (Fsp3) is 0.545. The van der Waals surface area contributed by atoms with Crippen molar-refractivity contribution in [2.45, 2.75) is 30.8 Å². The van der Waals surface area contributed by atoms with E-state index in [2.05, 4.69) is 19.5 Å². The fourth-order valence-electron chi connectivity index (χ4n) is 2.52. The summed E-state index contributed by atoms with van der Waals surface area (Å²) in [6, 6.07) is 0. The molecule has 2 aromatic heterocycles. The number of ether oxygens (including phenoxy) is 1. The molecule has 1 aliphatic rings. The van der Waals surface area contributed by atoms with E-state index >= 15 is 0 Å². The van der Waals surface area contributed by atoms with Crippen LogP contribution in [-0.2, 0) is 13.8 Å². The van der Waals surface area contributed by atoms with E-state index in [0.29, 0.717) is 0 Å². The summed E-state index contributed by atoms with van der Waals surface area (Å²) < 4.78 is 21.4. The Bertz CT molecular complexity index is 906. The number of nitrogens with one attached hydrogen (secondary N) is 1. The summed E-state index contributed by atoms with van der Waals surface area (Å²) >= 11 is 0. The van der Waals surface area contributed by atoms with Crippen molar-refractivity contribution in [3.63, 3.8) is 0 Å². The number of imidazole rings is 1. The van der Waals surface area contributed by atoms with Crippen LogP contribution >= 0.6 is 7.82 Å². The van der Waals surface area contributed by atoms with Gasteiger partial charge in [-0.1, -0.05) is 0 Å². The first-order valence-corrected chi connectivity index (χ1v) is 8.66. The standard InChI is InChI=1S/C11H15N4O10P/c16-5-3(1-24-26(21,22)23)25-10(6(5)17)15-2-12-4-8(15)13-7(11(19)20)14-9(4)18/h2-3,5-6,10-11,16-17,19-20H,1H2,(H,13,14,18)(H2,21,22,23)/t3-,5-,6-,10?/m0/s1. The van der Waals surface area contributed by atoms with Gasteiger partial charge in [-0.05, 0) is 0 Å². The van der Waals surface area contributed by atoms with Gasteiger partial charge in [-0.2, -0.15) is 0 Å². The van der Waals surface area contributed by atoms with E-state index in [-0.39, 0.29) is 11.2 Å². The van der Waals surface area contributed by atoms with Crippen LogP contribution in [0.2, 0.25) is 0 Å². The van der Waals surface area contributed by atoms with Crippen molar-refractivity contribution in [2.75, 3.05) is 6.61 Å². The number of aliphatic hydroxyl groups excluding tert-OH is 3. The second-order valence-corrected chi connectivity index (χ2v) is 6.72. The molecule has 0 aromatic carbocycles. The van der Waals surface area contributed by atoms with E-state index in [0.717, 1.165) is 10.9 Å². The molecule has 14 nitrogen and oxygen atoms in total. The molecule has 0 amide bonds. The number of hydrogen-bond acceptors (Lipinski definition) is 10. The molecule has 3 rings (SSSR count). The molecule has 0 aliphatic carbocycles. The van der Waals surface area contributed by atoms with Crippen LogP contribution < -0.4 is 5.56 Å². The molecule has 26 heavy (non-hydrogen) atoms. The molecule has 1 aliphatic heterocycles. The lowest BCUT2D eigenvalue weighted by molar-refractivity contribution is -0.0522. The van der Waals surface area contributed by atoms with Gasteiger partial charge in [-0.3, -0.25) is 13.9 Å². The lowest BCUT2D eigenvalue weighted by Crippen LogP contribution is -2.33. The average Bonchev–Trinajstić information content (AvgIpc) is 3.08. The molecule has 4 atom stereocenters. The van der Waals surface area contributed by atoms with Crippen LogP contribution in [0.25, 0.3) is 11.2 Å². The molecule has 7 N–H and O–H groups in total. The highest BCUT2D eigenvalue weighted by atomic mass is 31.2. The number of fused-ring (bicyclic) bond motifs is 1. The number of nitrogens with zero attached hydrogens (tertiary/aromatic N) is 3. The van der Waals surface area contributed by atoms with E-state index in [4.69, 9.17) is 24.7 Å². The van der Waals surface area contributed by atoms with E-state index in [9.17, 15) is 19.6 Å². The van der Waals surface area contributed by atoms with Crippen LogP contribution in [0.1, 0.15) is 18.3 Å². The molecular formula is C11H15N4O10P. The second-order valence-electron chi connectivity index (χ2n) is 5.48. The highest BCUT2D eigenvalue weighted by molar-refractivity contribution is 7.46. The second kappa shape index (κ2) is 6.77. The van der Waals surface area contributed by atoms with Gasteiger partial charge in [0.1, 0.15) is 18.3 Å². The minimum Gasteiger partial charge on any atom is -0.387 e. The van der Waals surface area contributed by atoms with Crippen molar-refractivity contribution in [2.24, 2.45) is 0 Å². The number of phosphoric acid groups is 1. The third-order valence-corrected chi connectivity index (χ3v) is 4.20. The van der Waals surface area contributed by atoms with Gasteiger partial charge in [0.25, 0.3) is 5.56 Å². The fourth-order valence-corrected chi connectivity index (χ4v) is 2.86. The molecule has 0 radical (unpaired) electrons. The monoisotopic (exact) mass is 394 g/mol. The largest absolute Gasteiger partial charge is 0.469 e. The van der Waals surface area contributed by atoms with Crippen molar-refractivity contribution in [1.29, 1.82) is 0 Å². The predicted octanol–water partition coefficient (Wildman–Crippen LogP) is -3.17. The Morgan fingerprint density at radius 1 is 1.35 bits per heavy atom. The summed E-state index contributed by atoms with van der Waals surface area (Å²) in [7, 11) is -4.81. The number of hydrogen-bond donors (Lipinski definition) is 7. The van der Waals surface area contributed by atoms with Gasteiger partial charge in [-0.15, -0.1) is 0 Å². The summed E-state index contributed by atoms with van der Waals surface area (Å²) in [5.74, 6) is -0.473. The van der Waals surface area contributed by atoms with Crippen LogP contribution in [0.3, 0.4) is 0 Å². The Hall–Kier alpha value is -1.74. The molecule has 1 saturated heterocycles. The molecule has 0 bridgehead atoms. The quantitative estimate of drug-likeness (QED) is 0.197. The smallest absolute Gasteiger partial charge is 0.387 e. The van der Waals surface area contributed by atoms with Crippen molar-refractivity contribution in [3.8, 4) is 0 Å². The summed E-state index contributed by atoms with van der Waals surface area (Å²) in [5, 5.41) is 38.5. The van der Waals surface area contributed by atoms with E-state index < -0.39 is 56.6 Å². The van der Waals surface area contributed by atoms with Crippen LogP contribution in [-0.4, -0.2) is 74.7 Å². The maximum absolute atomic E-state index is 11.9. The topological polar surface area (TPSA) is 220 Å². The minimum atomic E-state index is -4.81. The molecular weight excluding hydrogens is 379 g/mol. The van der Waals surface area contributed by atoms with Crippen molar-refractivity contribution < 1.29 is 44.0 Å². The normalized spacial score (nSPS) is 26.9. The maximum Gasteiger partial charge on any atom is 0.469 e. The lowest BCUT2D eigenvalue weighted by Gasteiger charge is -2.16. The molecule has 1 unspecified atom stereocenters. The minimum absolute atomic E-state index is 0.162. The molecule has 0 spiro atoms. The molecule has 0 saturated carbocycles. The van der Waals surface area contributed by atoms with Crippen molar-refractivity contribution in [3.05, 3.63) is 22.5 Å². The zero-order chi connectivity index (χ0) is 19.2. The Morgan fingerprint density at radius 3 is 2.65 bits per heavy atom. The average molecular weight is 394 g/mol. The Kier molecular flexibility index (Phi) is 4.96. The molecule has 3 heterocycles. The molecule has 144 valence electrons. The molecule has 15 heteroatoms. The van der Waals surface area contributed by atoms with Crippen LogP contribution in [0, 0.1) is 0 Å². The summed E-state index contributed by atoms with van der Waals surface area (Å²) in [6.45, 7) is -0.708. The summed E-state index contributed by atoms with van der Waals surface area (Å²) in [4.78, 5) is 39.1. The van der Waals surface area contributed by atoms with Gasteiger partial charge in [0.15, 0.2) is 23.2 Å². The predicted molar refractivity (Wildman–Crippen MR) is 79.2 cm³/mol. The summed E-state index contributed by atoms with van der Waals surface area (Å²) in [5.41, 5.74) is -1.12. The van der Waals surface area contributed by atoms with E-state index in [1.54, 1.807) is 0 Å². The Labute approximate surface area is 143 Å². The van der Waals surface area contributed by atoms with Gasteiger partial charge < -0.3 is 39.9 Å². The number of phosphoric ester groups is 1. The van der Waals surface area contributed by atoms with Gasteiger partial charge in [0.2, 0.25) is 6.29 Å². The van der Waals surface area contributed by atoms with E-state index in [1.165, 1.54) is 0 Å². The number of aliphatic hydroxyl groups is 4. The first-order valence-electron chi connectivity index (χ1n) is 7.13. The first kappa shape index (κ1) is 19.0. The molecule has 2 aromatic rings. The maximum atomic E-state index is 11.9. The van der Waals surface area contributed by atoms with Crippen LogP contribution in [0.5, 0.6) is 0 Å². The first-order chi connectivity index (χ1) is 12.1. The number of rotatable bonds is 5. The Balaban J connectivity index is 1.93. The highest BCUT2D eigenvalue weighted by Gasteiger charge is 2.45. The SMILES string of the molecule is O=c1[nH]c(C(O)O)nc2c1ncn2C1O[C@@H](COP(=O)(O)O)[C@H](O)[C@@H]1O. The Morgan fingerprint density at radius 2 is 2.04 bits per heavy atom. The number of H-pyrrole nitrogens is 1. The lowest BCUT2D eigenvalue weighted by atomic mass is 10.1.